The van der Waals surface area contributed by atoms with E-state index < -0.39 is 27.3 Å². The fraction of sp³-hybridized carbons (Fsp3) is 0.538. The normalized spacial score (nSPS) is 28.8. The lowest BCUT2D eigenvalue weighted by Crippen LogP contribution is -2.42. The maximum atomic E-state index is 12.3. The number of amides is 1. The van der Waals surface area contributed by atoms with E-state index >= 15 is 0 Å². The van der Waals surface area contributed by atoms with Gasteiger partial charge >= 0.3 is 5.97 Å². The van der Waals surface area contributed by atoms with Gasteiger partial charge in [-0.05, 0) is 6.07 Å². The van der Waals surface area contributed by atoms with E-state index in [-0.39, 0.29) is 32.1 Å². The van der Waals surface area contributed by atoms with E-state index in [2.05, 4.69) is 0 Å². The van der Waals surface area contributed by atoms with Gasteiger partial charge in [-0.2, -0.15) is 0 Å². The summed E-state index contributed by atoms with van der Waals surface area (Å²) in [5, 5.41) is 9.61. The van der Waals surface area contributed by atoms with Crippen LogP contribution in [0.2, 0.25) is 0 Å². The van der Waals surface area contributed by atoms with Crippen LogP contribution in [0.15, 0.2) is 23.0 Å². The van der Waals surface area contributed by atoms with Gasteiger partial charge in [-0.1, -0.05) is 0 Å². The Bertz CT molecular complexity index is 713. The summed E-state index contributed by atoms with van der Waals surface area (Å²) in [5.41, 5.74) is -0.872. The first-order valence-electron chi connectivity index (χ1n) is 6.74. The van der Waals surface area contributed by atoms with Gasteiger partial charge in [0.15, 0.2) is 0 Å². The molecule has 3 rings (SSSR count). The van der Waals surface area contributed by atoms with Crippen LogP contribution in [0.3, 0.4) is 0 Å². The maximum absolute atomic E-state index is 12.3. The number of carboxylic acid groups (broad SMARTS) is 1. The molecule has 0 aromatic carbocycles. The summed E-state index contributed by atoms with van der Waals surface area (Å²) in [6.45, 7) is 0.257. The summed E-state index contributed by atoms with van der Waals surface area (Å²) in [6.07, 6.45) is 3.76. The minimum absolute atomic E-state index is 0.00301. The molecule has 120 valence electrons. The second kappa shape index (κ2) is 4.82. The average molecular weight is 328 g/mol. The minimum atomic E-state index is -3.45. The Morgan fingerprint density at radius 2 is 2.09 bits per heavy atom. The standard InChI is InChI=1S/C13H16N2O6S/c1-22(19,20)15-5-10-4-14(7-13(10,8-15)12(17)18)11(16)9-2-3-21-6-9/h2-3,6,10H,4-5,7-8H2,1H3,(H,17,18)/t10-,13-/m1/s1. The molecule has 2 aliphatic heterocycles. The van der Waals surface area contributed by atoms with Crippen LogP contribution in [0, 0.1) is 11.3 Å². The molecule has 0 unspecified atom stereocenters. The first-order valence-corrected chi connectivity index (χ1v) is 8.59. The molecule has 1 aromatic rings. The maximum Gasteiger partial charge on any atom is 0.313 e. The van der Waals surface area contributed by atoms with E-state index in [9.17, 15) is 23.1 Å². The number of likely N-dealkylation sites (tertiary alicyclic amines) is 1. The highest BCUT2D eigenvalue weighted by molar-refractivity contribution is 7.88. The molecule has 3 heterocycles. The Morgan fingerprint density at radius 3 is 2.59 bits per heavy atom. The van der Waals surface area contributed by atoms with Gasteiger partial charge in [0.05, 0.1) is 18.1 Å². The number of aliphatic carboxylic acids is 1. The minimum Gasteiger partial charge on any atom is -0.481 e. The summed E-state index contributed by atoms with van der Waals surface area (Å²) in [6, 6.07) is 1.52. The van der Waals surface area contributed by atoms with Crippen molar-refractivity contribution < 1.29 is 27.5 Å². The van der Waals surface area contributed by atoms with E-state index in [1.54, 1.807) is 0 Å². The second-order valence-corrected chi connectivity index (χ2v) is 7.89. The third kappa shape index (κ3) is 2.20. The first-order chi connectivity index (χ1) is 10.2. The Labute approximate surface area is 127 Å². The fourth-order valence-corrected chi connectivity index (χ4v) is 4.21. The Hall–Kier alpha value is -1.87. The van der Waals surface area contributed by atoms with Gasteiger partial charge in [-0.25, -0.2) is 12.7 Å². The molecule has 2 fully saturated rings. The molecule has 0 saturated carbocycles. The number of carbonyl (C=O) groups excluding carboxylic acids is 1. The van der Waals surface area contributed by atoms with Gasteiger partial charge in [-0.3, -0.25) is 9.59 Å². The van der Waals surface area contributed by atoms with Gasteiger partial charge in [0.25, 0.3) is 5.91 Å². The topological polar surface area (TPSA) is 108 Å². The van der Waals surface area contributed by atoms with Crippen molar-refractivity contribution in [3.05, 3.63) is 24.2 Å². The van der Waals surface area contributed by atoms with Crippen LogP contribution in [0.5, 0.6) is 0 Å². The van der Waals surface area contributed by atoms with E-state index in [1.165, 1.54) is 27.8 Å². The van der Waals surface area contributed by atoms with Crippen molar-refractivity contribution in [1.82, 2.24) is 9.21 Å². The smallest absolute Gasteiger partial charge is 0.313 e. The Morgan fingerprint density at radius 1 is 1.36 bits per heavy atom. The van der Waals surface area contributed by atoms with Gasteiger partial charge in [0, 0.05) is 32.1 Å². The zero-order valence-corrected chi connectivity index (χ0v) is 12.7. The number of nitrogens with zero attached hydrogens (tertiary/aromatic N) is 2. The molecule has 2 aliphatic rings. The summed E-state index contributed by atoms with van der Waals surface area (Å²) in [7, 11) is -3.45. The van der Waals surface area contributed by atoms with Crippen molar-refractivity contribution in [2.45, 2.75) is 0 Å². The van der Waals surface area contributed by atoms with Crippen LogP contribution < -0.4 is 0 Å². The lowest BCUT2D eigenvalue weighted by atomic mass is 9.81. The zero-order chi connectivity index (χ0) is 16.1. The van der Waals surface area contributed by atoms with Crippen LogP contribution >= 0.6 is 0 Å². The van der Waals surface area contributed by atoms with Crippen LogP contribution in [0.25, 0.3) is 0 Å². The molecule has 9 heteroatoms. The lowest BCUT2D eigenvalue weighted by Gasteiger charge is -2.24. The van der Waals surface area contributed by atoms with E-state index in [1.807, 2.05) is 0 Å². The molecule has 0 spiro atoms. The molecule has 1 amide bonds. The van der Waals surface area contributed by atoms with E-state index in [0.717, 1.165) is 6.26 Å². The zero-order valence-electron chi connectivity index (χ0n) is 11.9. The number of carboxylic acids is 1. The number of fused-ring (bicyclic) bond motifs is 1. The highest BCUT2D eigenvalue weighted by Crippen LogP contribution is 2.44. The van der Waals surface area contributed by atoms with Crippen LogP contribution in [0.4, 0.5) is 0 Å². The molecule has 0 radical (unpaired) electrons. The number of rotatable bonds is 3. The lowest BCUT2D eigenvalue weighted by molar-refractivity contribution is -0.148. The first kappa shape index (κ1) is 15.0. The van der Waals surface area contributed by atoms with Crippen molar-refractivity contribution >= 4 is 21.9 Å². The van der Waals surface area contributed by atoms with E-state index in [0.29, 0.717) is 5.56 Å². The molecule has 0 aliphatic carbocycles. The number of sulfonamides is 1. The highest BCUT2D eigenvalue weighted by atomic mass is 32.2. The summed E-state index contributed by atoms with van der Waals surface area (Å²) >= 11 is 0. The predicted octanol–water partition coefficient (Wildman–Crippen LogP) is -0.302. The van der Waals surface area contributed by atoms with Gasteiger partial charge in [0.2, 0.25) is 10.0 Å². The SMILES string of the molecule is CS(=O)(=O)N1C[C@H]2CN(C(=O)c3ccoc3)C[C@@]2(C(=O)O)C1. The van der Waals surface area contributed by atoms with Gasteiger partial charge in [0.1, 0.15) is 11.7 Å². The number of hydrogen-bond acceptors (Lipinski definition) is 5. The van der Waals surface area contributed by atoms with Crippen molar-refractivity contribution in [2.75, 3.05) is 32.4 Å². The molecular weight excluding hydrogens is 312 g/mol. The molecule has 2 saturated heterocycles. The second-order valence-electron chi connectivity index (χ2n) is 5.91. The molecule has 2 atom stereocenters. The third-order valence-corrected chi connectivity index (χ3v) is 5.74. The largest absolute Gasteiger partial charge is 0.481 e. The summed E-state index contributed by atoms with van der Waals surface area (Å²) < 4.78 is 29.4. The Kier molecular flexibility index (Phi) is 3.29. The number of carbonyl (C=O) groups is 2. The van der Waals surface area contributed by atoms with Crippen molar-refractivity contribution in [1.29, 1.82) is 0 Å². The number of furan rings is 1. The van der Waals surface area contributed by atoms with Crippen molar-refractivity contribution in [3.63, 3.8) is 0 Å². The fourth-order valence-electron chi connectivity index (χ4n) is 3.30. The molecule has 8 nitrogen and oxygen atoms in total. The molecule has 22 heavy (non-hydrogen) atoms. The Balaban J connectivity index is 1.86. The average Bonchev–Trinajstić information content (AvgIpc) is 3.10. The monoisotopic (exact) mass is 328 g/mol. The van der Waals surface area contributed by atoms with Crippen LogP contribution in [-0.4, -0.2) is 67.0 Å². The quantitative estimate of drug-likeness (QED) is 0.816. The number of hydrogen-bond donors (Lipinski definition) is 1. The highest BCUT2D eigenvalue weighted by Gasteiger charge is 2.60. The van der Waals surface area contributed by atoms with Crippen LogP contribution in [-0.2, 0) is 14.8 Å². The molecular formula is C13H16N2O6S. The van der Waals surface area contributed by atoms with Crippen molar-refractivity contribution in [3.8, 4) is 0 Å². The summed E-state index contributed by atoms with van der Waals surface area (Å²) in [4.78, 5) is 25.5. The summed E-state index contributed by atoms with van der Waals surface area (Å²) in [5.74, 6) is -1.77. The predicted molar refractivity (Wildman–Crippen MR) is 74.6 cm³/mol. The third-order valence-electron chi connectivity index (χ3n) is 4.53. The van der Waals surface area contributed by atoms with Crippen molar-refractivity contribution in [2.24, 2.45) is 11.3 Å². The van der Waals surface area contributed by atoms with Crippen LogP contribution in [0.1, 0.15) is 10.4 Å². The molecule has 1 aromatic heterocycles. The van der Waals surface area contributed by atoms with E-state index in [4.69, 9.17) is 4.42 Å². The van der Waals surface area contributed by atoms with Gasteiger partial charge in [-0.15, -0.1) is 0 Å². The molecule has 1 N–H and O–H groups in total. The van der Waals surface area contributed by atoms with Gasteiger partial charge < -0.3 is 14.4 Å². The molecule has 0 bridgehead atoms.